The van der Waals surface area contributed by atoms with Crippen molar-refractivity contribution in [3.05, 3.63) is 0 Å². The standard InChI is InChI=1S/C11H21N3OS/c1-16-6-4-9-7-13-11(12)14(9)8-10-3-2-5-15-10/h9-10H,2-8H2,1H3,(H2,12,13). The summed E-state index contributed by atoms with van der Waals surface area (Å²) in [6.07, 6.45) is 6.02. The van der Waals surface area contributed by atoms with E-state index in [4.69, 9.17) is 10.5 Å². The van der Waals surface area contributed by atoms with E-state index in [-0.39, 0.29) is 0 Å². The number of nitrogens with two attached hydrogens (primary N) is 1. The van der Waals surface area contributed by atoms with Crippen LogP contribution in [-0.2, 0) is 4.74 Å². The second-order valence-corrected chi connectivity index (χ2v) is 5.41. The molecule has 2 unspecified atom stereocenters. The van der Waals surface area contributed by atoms with Gasteiger partial charge in [-0.05, 0) is 31.3 Å². The van der Waals surface area contributed by atoms with Crippen LogP contribution in [0.25, 0.3) is 0 Å². The van der Waals surface area contributed by atoms with Crippen molar-refractivity contribution >= 4 is 17.7 Å². The molecule has 5 heteroatoms. The summed E-state index contributed by atoms with van der Waals surface area (Å²) >= 11 is 1.88. The fourth-order valence-corrected chi connectivity index (χ4v) is 2.83. The highest BCUT2D eigenvalue weighted by molar-refractivity contribution is 7.98. The SMILES string of the molecule is CSCCC1CN=C(N)N1CC1CCCO1. The maximum Gasteiger partial charge on any atom is 0.191 e. The molecular weight excluding hydrogens is 222 g/mol. The van der Waals surface area contributed by atoms with Crippen molar-refractivity contribution in [3.8, 4) is 0 Å². The molecule has 0 radical (unpaired) electrons. The predicted molar refractivity (Wildman–Crippen MR) is 69.0 cm³/mol. The van der Waals surface area contributed by atoms with Gasteiger partial charge < -0.3 is 15.4 Å². The van der Waals surface area contributed by atoms with Crippen LogP contribution in [0, 0.1) is 0 Å². The van der Waals surface area contributed by atoms with Gasteiger partial charge in [-0.1, -0.05) is 0 Å². The molecule has 2 heterocycles. The zero-order valence-electron chi connectivity index (χ0n) is 9.89. The minimum Gasteiger partial charge on any atom is -0.376 e. The number of hydrogen-bond donors (Lipinski definition) is 1. The van der Waals surface area contributed by atoms with Crippen LogP contribution in [0.3, 0.4) is 0 Å². The maximum atomic E-state index is 5.93. The van der Waals surface area contributed by atoms with Crippen molar-refractivity contribution < 1.29 is 4.74 Å². The molecule has 0 bridgehead atoms. The minimum atomic E-state index is 0.364. The quantitative estimate of drug-likeness (QED) is 0.780. The number of hydrogen-bond acceptors (Lipinski definition) is 5. The molecule has 2 aliphatic rings. The van der Waals surface area contributed by atoms with E-state index in [1.54, 1.807) is 0 Å². The van der Waals surface area contributed by atoms with Crippen LogP contribution in [-0.4, -0.2) is 54.7 Å². The first-order valence-electron chi connectivity index (χ1n) is 5.98. The van der Waals surface area contributed by atoms with Crippen LogP contribution in [0.15, 0.2) is 4.99 Å². The van der Waals surface area contributed by atoms with Crippen LogP contribution in [0.5, 0.6) is 0 Å². The Morgan fingerprint density at radius 2 is 2.50 bits per heavy atom. The molecule has 0 aromatic rings. The topological polar surface area (TPSA) is 50.8 Å². The summed E-state index contributed by atoms with van der Waals surface area (Å²) in [6, 6.07) is 0.497. The lowest BCUT2D eigenvalue weighted by atomic mass is 10.1. The molecule has 2 atom stereocenters. The smallest absolute Gasteiger partial charge is 0.191 e. The molecule has 2 aliphatic heterocycles. The number of rotatable bonds is 5. The van der Waals surface area contributed by atoms with Gasteiger partial charge in [0.05, 0.1) is 18.7 Å². The number of nitrogens with zero attached hydrogens (tertiary/aromatic N) is 2. The molecule has 2 N–H and O–H groups in total. The summed E-state index contributed by atoms with van der Waals surface area (Å²) < 4.78 is 5.66. The Balaban J connectivity index is 1.85. The highest BCUT2D eigenvalue weighted by Gasteiger charge is 2.29. The molecule has 92 valence electrons. The maximum absolute atomic E-state index is 5.93. The molecule has 1 saturated heterocycles. The van der Waals surface area contributed by atoms with E-state index >= 15 is 0 Å². The van der Waals surface area contributed by atoms with Gasteiger partial charge in [-0.2, -0.15) is 11.8 Å². The average Bonchev–Trinajstić information content (AvgIpc) is 2.89. The van der Waals surface area contributed by atoms with Crippen LogP contribution in [0.4, 0.5) is 0 Å². The Kier molecular flexibility index (Phi) is 4.35. The second-order valence-electron chi connectivity index (χ2n) is 4.42. The third-order valence-electron chi connectivity index (χ3n) is 3.28. The van der Waals surface area contributed by atoms with Gasteiger partial charge in [0.1, 0.15) is 0 Å². The van der Waals surface area contributed by atoms with Crippen molar-refractivity contribution in [1.82, 2.24) is 4.90 Å². The first kappa shape index (κ1) is 12.0. The van der Waals surface area contributed by atoms with Crippen LogP contribution in [0.1, 0.15) is 19.3 Å². The predicted octanol–water partition coefficient (Wildman–Crippen LogP) is 0.917. The van der Waals surface area contributed by atoms with Gasteiger partial charge in [0, 0.05) is 13.2 Å². The molecule has 0 spiro atoms. The molecule has 16 heavy (non-hydrogen) atoms. The Bertz CT molecular complexity index is 254. The van der Waals surface area contributed by atoms with E-state index < -0.39 is 0 Å². The average molecular weight is 243 g/mol. The Morgan fingerprint density at radius 1 is 1.62 bits per heavy atom. The van der Waals surface area contributed by atoms with E-state index in [9.17, 15) is 0 Å². The van der Waals surface area contributed by atoms with Gasteiger partial charge >= 0.3 is 0 Å². The molecule has 0 aromatic heterocycles. The van der Waals surface area contributed by atoms with Crippen molar-refractivity contribution in [2.75, 3.05) is 31.7 Å². The summed E-state index contributed by atoms with van der Waals surface area (Å²) in [5, 5.41) is 0. The zero-order chi connectivity index (χ0) is 11.4. The third kappa shape index (κ3) is 2.83. The highest BCUT2D eigenvalue weighted by atomic mass is 32.2. The van der Waals surface area contributed by atoms with Crippen molar-refractivity contribution in [1.29, 1.82) is 0 Å². The monoisotopic (exact) mass is 243 g/mol. The van der Waals surface area contributed by atoms with E-state index in [1.807, 2.05) is 11.8 Å². The fraction of sp³-hybridized carbons (Fsp3) is 0.909. The van der Waals surface area contributed by atoms with Gasteiger partial charge in [0.2, 0.25) is 0 Å². The molecule has 0 saturated carbocycles. The summed E-state index contributed by atoms with van der Waals surface area (Å²) in [5.74, 6) is 1.89. The van der Waals surface area contributed by atoms with Gasteiger partial charge in [-0.25, -0.2) is 0 Å². The lowest BCUT2D eigenvalue weighted by molar-refractivity contribution is 0.0850. The van der Waals surface area contributed by atoms with Gasteiger partial charge in [0.15, 0.2) is 5.96 Å². The van der Waals surface area contributed by atoms with Gasteiger partial charge in [-0.3, -0.25) is 4.99 Å². The normalized spacial score (nSPS) is 29.8. The summed E-state index contributed by atoms with van der Waals surface area (Å²) in [7, 11) is 0. The number of ether oxygens (including phenoxy) is 1. The summed E-state index contributed by atoms with van der Waals surface area (Å²) in [4.78, 5) is 6.59. The molecule has 4 nitrogen and oxygen atoms in total. The van der Waals surface area contributed by atoms with Crippen LogP contribution < -0.4 is 5.73 Å². The van der Waals surface area contributed by atoms with Crippen molar-refractivity contribution in [3.63, 3.8) is 0 Å². The summed E-state index contributed by atoms with van der Waals surface area (Å²) in [5.41, 5.74) is 5.93. The Hall–Kier alpha value is -0.420. The molecular formula is C11H21N3OS. The number of thioether (sulfide) groups is 1. The lowest BCUT2D eigenvalue weighted by Gasteiger charge is -2.28. The Labute approximate surface area is 102 Å². The van der Waals surface area contributed by atoms with Crippen LogP contribution in [0.2, 0.25) is 0 Å². The Morgan fingerprint density at radius 3 is 3.19 bits per heavy atom. The first-order chi connectivity index (χ1) is 7.81. The summed E-state index contributed by atoms with van der Waals surface area (Å²) in [6.45, 7) is 2.69. The second kappa shape index (κ2) is 5.77. The molecule has 0 amide bonds. The highest BCUT2D eigenvalue weighted by Crippen LogP contribution is 2.19. The minimum absolute atomic E-state index is 0.364. The van der Waals surface area contributed by atoms with Crippen molar-refractivity contribution in [2.24, 2.45) is 10.7 Å². The largest absolute Gasteiger partial charge is 0.376 e. The van der Waals surface area contributed by atoms with Crippen LogP contribution >= 0.6 is 11.8 Å². The van der Waals surface area contributed by atoms with E-state index in [0.717, 1.165) is 26.1 Å². The molecule has 0 aromatic carbocycles. The van der Waals surface area contributed by atoms with E-state index in [2.05, 4.69) is 16.1 Å². The molecule has 2 rings (SSSR count). The molecule has 0 aliphatic carbocycles. The number of guanidine groups is 1. The zero-order valence-corrected chi connectivity index (χ0v) is 10.7. The van der Waals surface area contributed by atoms with Gasteiger partial charge in [0.25, 0.3) is 0 Å². The van der Waals surface area contributed by atoms with Crippen molar-refractivity contribution in [2.45, 2.75) is 31.4 Å². The third-order valence-corrected chi connectivity index (χ3v) is 3.92. The molecule has 1 fully saturated rings. The van der Waals surface area contributed by atoms with Gasteiger partial charge in [-0.15, -0.1) is 0 Å². The lowest BCUT2D eigenvalue weighted by Crippen LogP contribution is -2.45. The first-order valence-corrected chi connectivity index (χ1v) is 7.37. The number of aliphatic imine (C=N–C) groups is 1. The fourth-order valence-electron chi connectivity index (χ4n) is 2.33. The van der Waals surface area contributed by atoms with E-state index in [0.29, 0.717) is 18.1 Å². The van der Waals surface area contributed by atoms with E-state index in [1.165, 1.54) is 18.6 Å².